The topological polar surface area (TPSA) is 84.2 Å². The van der Waals surface area contributed by atoms with E-state index < -0.39 is 11.9 Å². The summed E-state index contributed by atoms with van der Waals surface area (Å²) >= 11 is 13.2. The number of primary amides is 1. The quantitative estimate of drug-likeness (QED) is 0.718. The number of rotatable bonds is 3. The standard InChI is InChI=1S/C16H15Cl2N3O2S/c17-8-5-9(18)7-10(6-8)20-16(23)21-15-13(14(19)22)11-3-1-2-4-12(11)24-15/h5-7H,1-4H2,(H2,19,22)(H2,20,21,23). The third kappa shape index (κ3) is 3.66. The van der Waals surface area contributed by atoms with E-state index in [0.29, 0.717) is 26.3 Å². The van der Waals surface area contributed by atoms with Crippen molar-refractivity contribution in [3.63, 3.8) is 0 Å². The van der Waals surface area contributed by atoms with Crippen LogP contribution < -0.4 is 16.4 Å². The zero-order chi connectivity index (χ0) is 17.3. The molecule has 0 spiro atoms. The molecule has 0 bridgehead atoms. The number of thiophene rings is 1. The van der Waals surface area contributed by atoms with Crippen molar-refractivity contribution in [1.29, 1.82) is 0 Å². The van der Waals surface area contributed by atoms with Gasteiger partial charge in [-0.05, 0) is 49.4 Å². The normalized spacial score (nSPS) is 13.2. The molecule has 0 fully saturated rings. The number of nitrogens with two attached hydrogens (primary N) is 1. The van der Waals surface area contributed by atoms with Gasteiger partial charge in [-0.2, -0.15) is 0 Å². The van der Waals surface area contributed by atoms with Gasteiger partial charge in [-0.15, -0.1) is 11.3 Å². The number of anilines is 2. The minimum Gasteiger partial charge on any atom is -0.365 e. The molecular weight excluding hydrogens is 369 g/mol. The molecular formula is C16H15Cl2N3O2S. The largest absolute Gasteiger partial charge is 0.365 e. The predicted molar refractivity (Wildman–Crippen MR) is 98.6 cm³/mol. The third-order valence-corrected chi connectivity index (χ3v) is 5.41. The summed E-state index contributed by atoms with van der Waals surface area (Å²) in [5, 5.41) is 6.70. The average Bonchev–Trinajstić information content (AvgIpc) is 2.83. The molecule has 4 N–H and O–H groups in total. The molecule has 1 aromatic heterocycles. The Bertz CT molecular complexity index is 800. The minimum absolute atomic E-state index is 0.419. The minimum atomic E-state index is -0.518. The summed E-state index contributed by atoms with van der Waals surface area (Å²) < 4.78 is 0. The van der Waals surface area contributed by atoms with Crippen molar-refractivity contribution in [2.24, 2.45) is 5.73 Å². The number of hydrogen-bond donors (Lipinski definition) is 3. The molecule has 1 aliphatic carbocycles. The van der Waals surface area contributed by atoms with Crippen LogP contribution in [-0.2, 0) is 12.8 Å². The van der Waals surface area contributed by atoms with Gasteiger partial charge in [0.15, 0.2) is 0 Å². The van der Waals surface area contributed by atoms with Crippen molar-refractivity contribution in [2.45, 2.75) is 25.7 Å². The molecule has 1 aromatic carbocycles. The molecule has 0 unspecified atom stereocenters. The van der Waals surface area contributed by atoms with E-state index in [0.717, 1.165) is 36.1 Å². The summed E-state index contributed by atoms with van der Waals surface area (Å²) in [5.41, 5.74) is 7.37. The molecule has 0 radical (unpaired) electrons. The zero-order valence-electron chi connectivity index (χ0n) is 12.6. The van der Waals surface area contributed by atoms with Gasteiger partial charge in [-0.1, -0.05) is 23.2 Å². The third-order valence-electron chi connectivity index (χ3n) is 3.77. The van der Waals surface area contributed by atoms with Crippen LogP contribution in [0.25, 0.3) is 0 Å². The second-order valence-electron chi connectivity index (χ2n) is 5.52. The van der Waals surface area contributed by atoms with Crippen molar-refractivity contribution >= 4 is 57.2 Å². The van der Waals surface area contributed by atoms with Crippen LogP contribution in [0.5, 0.6) is 0 Å². The van der Waals surface area contributed by atoms with Gasteiger partial charge in [-0.25, -0.2) is 4.79 Å². The van der Waals surface area contributed by atoms with Gasteiger partial charge in [0.1, 0.15) is 5.00 Å². The van der Waals surface area contributed by atoms with Gasteiger partial charge in [-0.3, -0.25) is 10.1 Å². The highest BCUT2D eigenvalue weighted by Gasteiger charge is 2.24. The number of fused-ring (bicyclic) bond motifs is 1. The van der Waals surface area contributed by atoms with Crippen molar-refractivity contribution in [1.82, 2.24) is 0 Å². The van der Waals surface area contributed by atoms with Crippen molar-refractivity contribution in [2.75, 3.05) is 10.6 Å². The van der Waals surface area contributed by atoms with Crippen LogP contribution in [-0.4, -0.2) is 11.9 Å². The lowest BCUT2D eigenvalue weighted by Gasteiger charge is -2.11. The lowest BCUT2D eigenvalue weighted by molar-refractivity contribution is 0.100. The fourth-order valence-corrected chi connectivity index (χ4v) is 4.62. The van der Waals surface area contributed by atoms with Crippen molar-refractivity contribution in [3.8, 4) is 0 Å². The van der Waals surface area contributed by atoms with Crippen LogP contribution in [0.4, 0.5) is 15.5 Å². The van der Waals surface area contributed by atoms with Gasteiger partial charge in [0, 0.05) is 20.6 Å². The Morgan fingerprint density at radius 1 is 1.04 bits per heavy atom. The molecule has 126 valence electrons. The lowest BCUT2D eigenvalue weighted by atomic mass is 9.95. The Kier molecular flexibility index (Phi) is 4.99. The maximum absolute atomic E-state index is 12.2. The van der Waals surface area contributed by atoms with E-state index in [2.05, 4.69) is 10.6 Å². The molecule has 3 rings (SSSR count). The smallest absolute Gasteiger partial charge is 0.324 e. The number of urea groups is 1. The van der Waals surface area contributed by atoms with E-state index in [4.69, 9.17) is 28.9 Å². The summed E-state index contributed by atoms with van der Waals surface area (Å²) in [6.07, 6.45) is 3.83. The van der Waals surface area contributed by atoms with Crippen LogP contribution in [0.3, 0.4) is 0 Å². The van der Waals surface area contributed by atoms with Gasteiger partial charge in [0.05, 0.1) is 5.56 Å². The predicted octanol–water partition coefficient (Wildman–Crippen LogP) is 4.68. The molecule has 3 amide bonds. The van der Waals surface area contributed by atoms with Gasteiger partial charge in [0.25, 0.3) is 5.91 Å². The number of nitrogens with one attached hydrogen (secondary N) is 2. The monoisotopic (exact) mass is 383 g/mol. The van der Waals surface area contributed by atoms with E-state index in [-0.39, 0.29) is 0 Å². The zero-order valence-corrected chi connectivity index (χ0v) is 14.9. The van der Waals surface area contributed by atoms with E-state index in [1.807, 2.05) is 0 Å². The molecule has 5 nitrogen and oxygen atoms in total. The molecule has 1 aliphatic rings. The highest BCUT2D eigenvalue weighted by Crippen LogP contribution is 2.38. The number of hydrogen-bond acceptors (Lipinski definition) is 3. The van der Waals surface area contributed by atoms with Gasteiger partial charge < -0.3 is 11.1 Å². The van der Waals surface area contributed by atoms with Crippen molar-refractivity contribution < 1.29 is 9.59 Å². The first-order chi connectivity index (χ1) is 11.4. The Hall–Kier alpha value is -1.76. The Balaban J connectivity index is 1.81. The first-order valence-electron chi connectivity index (χ1n) is 7.42. The Morgan fingerprint density at radius 3 is 2.38 bits per heavy atom. The Labute approximate surface area is 153 Å². The number of carbonyl (C=O) groups is 2. The maximum atomic E-state index is 12.2. The summed E-state index contributed by atoms with van der Waals surface area (Å²) in [6.45, 7) is 0. The molecule has 24 heavy (non-hydrogen) atoms. The highest BCUT2D eigenvalue weighted by atomic mass is 35.5. The van der Waals surface area contributed by atoms with E-state index >= 15 is 0 Å². The van der Waals surface area contributed by atoms with Gasteiger partial charge >= 0.3 is 6.03 Å². The van der Waals surface area contributed by atoms with Crippen LogP contribution in [0, 0.1) is 0 Å². The van der Waals surface area contributed by atoms with E-state index in [9.17, 15) is 9.59 Å². The van der Waals surface area contributed by atoms with E-state index in [1.165, 1.54) is 11.3 Å². The Morgan fingerprint density at radius 2 is 1.71 bits per heavy atom. The first kappa shape index (κ1) is 17.1. The number of benzene rings is 1. The number of carbonyl (C=O) groups excluding carboxylic acids is 2. The summed E-state index contributed by atoms with van der Waals surface area (Å²) in [7, 11) is 0. The van der Waals surface area contributed by atoms with Crippen LogP contribution in [0.15, 0.2) is 18.2 Å². The second kappa shape index (κ2) is 7.01. The summed E-state index contributed by atoms with van der Waals surface area (Å²) in [6, 6.07) is 4.27. The number of halogens is 2. The molecule has 0 saturated heterocycles. The molecule has 0 saturated carbocycles. The summed E-state index contributed by atoms with van der Waals surface area (Å²) in [4.78, 5) is 25.2. The number of amides is 3. The molecule has 0 aliphatic heterocycles. The molecule has 2 aromatic rings. The van der Waals surface area contributed by atoms with Crippen LogP contribution >= 0.6 is 34.5 Å². The first-order valence-corrected chi connectivity index (χ1v) is 8.99. The highest BCUT2D eigenvalue weighted by molar-refractivity contribution is 7.17. The number of aryl methyl sites for hydroxylation is 1. The molecule has 0 atom stereocenters. The van der Waals surface area contributed by atoms with Crippen molar-refractivity contribution in [3.05, 3.63) is 44.2 Å². The average molecular weight is 384 g/mol. The van der Waals surface area contributed by atoms with Crippen LogP contribution in [0.2, 0.25) is 10.0 Å². The van der Waals surface area contributed by atoms with E-state index in [1.54, 1.807) is 18.2 Å². The molecule has 8 heteroatoms. The fraction of sp³-hybridized carbons (Fsp3) is 0.250. The molecule has 1 heterocycles. The second-order valence-corrected chi connectivity index (χ2v) is 7.49. The lowest BCUT2D eigenvalue weighted by Crippen LogP contribution is -2.22. The fourth-order valence-electron chi connectivity index (χ4n) is 2.81. The SMILES string of the molecule is NC(=O)c1c(NC(=O)Nc2cc(Cl)cc(Cl)c2)sc2c1CCCC2. The van der Waals surface area contributed by atoms with Gasteiger partial charge in [0.2, 0.25) is 0 Å². The maximum Gasteiger partial charge on any atom is 0.324 e. The van der Waals surface area contributed by atoms with Crippen LogP contribution in [0.1, 0.15) is 33.6 Å². The summed E-state index contributed by atoms with van der Waals surface area (Å²) in [5.74, 6) is -0.518.